The number of carbonyl (C=O) groups excluding carboxylic acids is 2. The average molecular weight is 448 g/mol. The third-order valence-electron chi connectivity index (χ3n) is 5.53. The lowest BCUT2D eigenvalue weighted by Gasteiger charge is -2.08. The van der Waals surface area contributed by atoms with Crippen molar-refractivity contribution in [3.05, 3.63) is 125 Å². The fourth-order valence-corrected chi connectivity index (χ4v) is 3.53. The standard InChI is InChI=1S/C29H25N3O2/c1-20-8-6-7-11-27(20)29(34)30-26-18-16-25(17-19-26)28(33)32-31-21(2)22-12-14-24(15-13-22)23-9-4-3-5-10-23/h3-19H,1-2H3,(H,30,34)(H,32,33)/b31-21+. The van der Waals surface area contributed by atoms with Gasteiger partial charge in [0.15, 0.2) is 0 Å². The first-order valence-electron chi connectivity index (χ1n) is 11.0. The maximum Gasteiger partial charge on any atom is 0.271 e. The molecule has 34 heavy (non-hydrogen) atoms. The van der Waals surface area contributed by atoms with Crippen molar-refractivity contribution in [1.29, 1.82) is 0 Å². The van der Waals surface area contributed by atoms with Crippen molar-refractivity contribution in [1.82, 2.24) is 5.43 Å². The van der Waals surface area contributed by atoms with Gasteiger partial charge in [-0.15, -0.1) is 0 Å². The number of anilines is 1. The highest BCUT2D eigenvalue weighted by atomic mass is 16.2. The predicted octanol–water partition coefficient (Wildman–Crippen LogP) is 6.07. The van der Waals surface area contributed by atoms with Gasteiger partial charge in [-0.05, 0) is 66.4 Å². The molecule has 5 heteroatoms. The predicted molar refractivity (Wildman–Crippen MR) is 137 cm³/mol. The summed E-state index contributed by atoms with van der Waals surface area (Å²) in [5.41, 5.74) is 9.08. The maximum atomic E-state index is 12.5. The number of hydrazone groups is 1. The third-order valence-corrected chi connectivity index (χ3v) is 5.53. The van der Waals surface area contributed by atoms with Crippen LogP contribution in [0.5, 0.6) is 0 Å². The van der Waals surface area contributed by atoms with Crippen molar-refractivity contribution in [2.45, 2.75) is 13.8 Å². The second-order valence-electron chi connectivity index (χ2n) is 7.93. The fourth-order valence-electron chi connectivity index (χ4n) is 3.53. The van der Waals surface area contributed by atoms with Gasteiger partial charge in [0.2, 0.25) is 0 Å². The molecule has 4 aromatic rings. The zero-order chi connectivity index (χ0) is 23.9. The molecule has 4 rings (SSSR count). The molecule has 0 aliphatic heterocycles. The molecule has 0 radical (unpaired) electrons. The van der Waals surface area contributed by atoms with Crippen LogP contribution < -0.4 is 10.7 Å². The van der Waals surface area contributed by atoms with E-state index in [9.17, 15) is 9.59 Å². The fraction of sp³-hybridized carbons (Fsp3) is 0.0690. The smallest absolute Gasteiger partial charge is 0.271 e. The number of benzene rings is 4. The number of nitrogens with zero attached hydrogens (tertiary/aromatic N) is 1. The minimum Gasteiger partial charge on any atom is -0.322 e. The van der Waals surface area contributed by atoms with E-state index in [4.69, 9.17) is 0 Å². The molecule has 0 spiro atoms. The lowest BCUT2D eigenvalue weighted by molar-refractivity contribution is 0.0954. The molecule has 4 aromatic carbocycles. The third kappa shape index (κ3) is 5.45. The van der Waals surface area contributed by atoms with Crippen LogP contribution in [0.3, 0.4) is 0 Å². The minimum atomic E-state index is -0.322. The van der Waals surface area contributed by atoms with Crippen molar-refractivity contribution >= 4 is 23.2 Å². The number of hydrogen-bond acceptors (Lipinski definition) is 3. The van der Waals surface area contributed by atoms with E-state index in [0.717, 1.165) is 22.3 Å². The molecule has 2 N–H and O–H groups in total. The minimum absolute atomic E-state index is 0.186. The van der Waals surface area contributed by atoms with Crippen molar-refractivity contribution in [3.63, 3.8) is 0 Å². The van der Waals surface area contributed by atoms with Crippen LogP contribution in [0.1, 0.15) is 38.8 Å². The van der Waals surface area contributed by atoms with Gasteiger partial charge in [-0.1, -0.05) is 72.8 Å². The Labute approximate surface area is 199 Å². The summed E-state index contributed by atoms with van der Waals surface area (Å²) in [6.07, 6.45) is 0. The summed E-state index contributed by atoms with van der Waals surface area (Å²) < 4.78 is 0. The Kier molecular flexibility index (Phi) is 6.94. The highest BCUT2D eigenvalue weighted by Gasteiger charge is 2.10. The first-order chi connectivity index (χ1) is 16.5. The van der Waals surface area contributed by atoms with E-state index in [-0.39, 0.29) is 11.8 Å². The highest BCUT2D eigenvalue weighted by Crippen LogP contribution is 2.19. The van der Waals surface area contributed by atoms with E-state index < -0.39 is 0 Å². The molecule has 168 valence electrons. The Morgan fingerprint density at radius 1 is 0.647 bits per heavy atom. The van der Waals surface area contributed by atoms with Crippen LogP contribution in [-0.4, -0.2) is 17.5 Å². The van der Waals surface area contributed by atoms with Gasteiger partial charge >= 0.3 is 0 Å². The monoisotopic (exact) mass is 447 g/mol. The number of carbonyl (C=O) groups is 2. The Hall–Kier alpha value is -4.51. The first-order valence-corrected chi connectivity index (χ1v) is 11.0. The molecule has 5 nitrogen and oxygen atoms in total. The molecular formula is C29H25N3O2. The van der Waals surface area contributed by atoms with Gasteiger partial charge in [0.25, 0.3) is 11.8 Å². The highest BCUT2D eigenvalue weighted by molar-refractivity contribution is 6.05. The van der Waals surface area contributed by atoms with Gasteiger partial charge in [0, 0.05) is 16.8 Å². The lowest BCUT2D eigenvalue weighted by atomic mass is 10.0. The largest absolute Gasteiger partial charge is 0.322 e. The van der Waals surface area contributed by atoms with Gasteiger partial charge in [-0.3, -0.25) is 9.59 Å². The summed E-state index contributed by atoms with van der Waals surface area (Å²) in [5.74, 6) is -0.508. The van der Waals surface area contributed by atoms with Crippen molar-refractivity contribution in [3.8, 4) is 11.1 Å². The zero-order valence-electron chi connectivity index (χ0n) is 19.1. The lowest BCUT2D eigenvalue weighted by Crippen LogP contribution is -2.19. The molecule has 0 fully saturated rings. The number of rotatable bonds is 6. The molecule has 0 aliphatic carbocycles. The van der Waals surface area contributed by atoms with Crippen molar-refractivity contribution in [2.75, 3.05) is 5.32 Å². The normalized spacial score (nSPS) is 11.1. The molecule has 0 unspecified atom stereocenters. The van der Waals surface area contributed by atoms with Crippen LogP contribution in [-0.2, 0) is 0 Å². The topological polar surface area (TPSA) is 70.6 Å². The summed E-state index contributed by atoms with van der Waals surface area (Å²) in [7, 11) is 0. The van der Waals surface area contributed by atoms with Crippen LogP contribution in [0.15, 0.2) is 108 Å². The second kappa shape index (κ2) is 10.4. The Morgan fingerprint density at radius 3 is 1.91 bits per heavy atom. The SMILES string of the molecule is C/C(=N\NC(=O)c1ccc(NC(=O)c2ccccc2C)cc1)c1ccc(-c2ccccc2)cc1. The van der Waals surface area contributed by atoms with Gasteiger partial charge in [-0.2, -0.15) is 5.10 Å². The molecule has 0 bridgehead atoms. The van der Waals surface area contributed by atoms with E-state index in [0.29, 0.717) is 22.5 Å². The number of amides is 2. The molecule has 0 aromatic heterocycles. The zero-order valence-corrected chi connectivity index (χ0v) is 19.1. The molecule has 0 heterocycles. The molecule has 0 aliphatic rings. The maximum absolute atomic E-state index is 12.5. The summed E-state index contributed by atoms with van der Waals surface area (Å²) >= 11 is 0. The Bertz CT molecular complexity index is 1330. The van der Waals surface area contributed by atoms with Crippen LogP contribution in [0.2, 0.25) is 0 Å². The molecule has 0 saturated heterocycles. The average Bonchev–Trinajstić information content (AvgIpc) is 2.88. The van der Waals surface area contributed by atoms with E-state index >= 15 is 0 Å². The quantitative estimate of drug-likeness (QED) is 0.278. The summed E-state index contributed by atoms with van der Waals surface area (Å²) in [4.78, 5) is 25.0. The molecule has 0 saturated carbocycles. The van der Waals surface area contributed by atoms with Gasteiger partial charge in [-0.25, -0.2) is 5.43 Å². The molecule has 2 amide bonds. The molecular weight excluding hydrogens is 422 g/mol. The van der Waals surface area contributed by atoms with Crippen LogP contribution in [0.4, 0.5) is 5.69 Å². The van der Waals surface area contributed by atoms with E-state index in [1.165, 1.54) is 0 Å². The number of aryl methyl sites for hydroxylation is 1. The van der Waals surface area contributed by atoms with Crippen molar-refractivity contribution in [2.24, 2.45) is 5.10 Å². The van der Waals surface area contributed by atoms with Gasteiger partial charge in [0.1, 0.15) is 0 Å². The van der Waals surface area contributed by atoms with Gasteiger partial charge < -0.3 is 5.32 Å². The number of nitrogens with one attached hydrogen (secondary N) is 2. The van der Waals surface area contributed by atoms with E-state index in [1.807, 2.05) is 74.5 Å². The van der Waals surface area contributed by atoms with Crippen LogP contribution >= 0.6 is 0 Å². The van der Waals surface area contributed by atoms with Gasteiger partial charge in [0.05, 0.1) is 5.71 Å². The van der Waals surface area contributed by atoms with Crippen molar-refractivity contribution < 1.29 is 9.59 Å². The second-order valence-corrected chi connectivity index (χ2v) is 7.93. The Morgan fingerprint density at radius 2 is 1.24 bits per heavy atom. The molecule has 0 atom stereocenters. The van der Waals surface area contributed by atoms with E-state index in [2.05, 4.69) is 28.0 Å². The van der Waals surface area contributed by atoms with E-state index in [1.54, 1.807) is 30.3 Å². The van der Waals surface area contributed by atoms with Crippen LogP contribution in [0.25, 0.3) is 11.1 Å². The summed E-state index contributed by atoms with van der Waals surface area (Å²) in [6, 6.07) is 32.3. The van der Waals surface area contributed by atoms with Crippen LogP contribution in [0, 0.1) is 6.92 Å². The summed E-state index contributed by atoms with van der Waals surface area (Å²) in [6.45, 7) is 3.74. The Balaban J connectivity index is 1.37. The number of hydrogen-bond donors (Lipinski definition) is 2. The summed E-state index contributed by atoms with van der Waals surface area (Å²) in [5, 5.41) is 7.10. The first kappa shape index (κ1) is 22.7.